The lowest BCUT2D eigenvalue weighted by Crippen LogP contribution is -2.37. The number of phenols is 1. The van der Waals surface area contributed by atoms with Crippen LogP contribution >= 0.6 is 0 Å². The second-order valence-corrected chi connectivity index (χ2v) is 8.13. The van der Waals surface area contributed by atoms with E-state index in [1.165, 1.54) is 18.6 Å². The van der Waals surface area contributed by atoms with Crippen LogP contribution in [-0.4, -0.2) is 34.7 Å². The summed E-state index contributed by atoms with van der Waals surface area (Å²) in [5.74, 6) is -1.84. The molecule has 1 amide bonds. The van der Waals surface area contributed by atoms with Crippen molar-refractivity contribution in [1.29, 1.82) is 0 Å². The molecule has 0 spiro atoms. The molecule has 6 nitrogen and oxygen atoms in total. The number of amides is 1. The average molecular weight is 431 g/mol. The number of hydrogen-bond acceptors (Lipinski definition) is 4. The highest BCUT2D eigenvalue weighted by Crippen LogP contribution is 2.31. The van der Waals surface area contributed by atoms with Crippen molar-refractivity contribution in [2.45, 2.75) is 32.2 Å². The van der Waals surface area contributed by atoms with Crippen molar-refractivity contribution in [2.75, 3.05) is 16.8 Å². The van der Waals surface area contributed by atoms with E-state index < -0.39 is 11.9 Å². The number of benzene rings is 3. The van der Waals surface area contributed by atoms with Crippen molar-refractivity contribution >= 4 is 23.3 Å². The summed E-state index contributed by atoms with van der Waals surface area (Å²) in [7, 11) is 0. The van der Waals surface area contributed by atoms with Gasteiger partial charge in [0.05, 0.1) is 16.8 Å². The van der Waals surface area contributed by atoms with Gasteiger partial charge in [0.1, 0.15) is 5.75 Å². The van der Waals surface area contributed by atoms with Crippen LogP contribution in [0.4, 0.5) is 11.4 Å². The fraction of sp³-hybridized carbons (Fsp3) is 0.231. The Hall–Kier alpha value is -3.80. The van der Waals surface area contributed by atoms with Gasteiger partial charge in [0.15, 0.2) is 0 Å². The van der Waals surface area contributed by atoms with Crippen LogP contribution in [0.2, 0.25) is 0 Å². The number of aromatic carboxylic acids is 1. The Labute approximate surface area is 187 Å². The van der Waals surface area contributed by atoms with Gasteiger partial charge in [-0.15, -0.1) is 0 Å². The van der Waals surface area contributed by atoms with Gasteiger partial charge in [-0.3, -0.25) is 4.79 Å². The van der Waals surface area contributed by atoms with Gasteiger partial charge in [0.25, 0.3) is 5.91 Å². The summed E-state index contributed by atoms with van der Waals surface area (Å²) in [6, 6.07) is 19.7. The zero-order valence-electron chi connectivity index (χ0n) is 17.9. The van der Waals surface area contributed by atoms with Crippen molar-refractivity contribution in [3.63, 3.8) is 0 Å². The first-order chi connectivity index (χ1) is 15.4. The molecule has 3 aromatic rings. The predicted molar refractivity (Wildman–Crippen MR) is 126 cm³/mol. The molecule has 0 aromatic heterocycles. The van der Waals surface area contributed by atoms with Crippen molar-refractivity contribution in [1.82, 2.24) is 0 Å². The quantitative estimate of drug-likeness (QED) is 0.505. The molecule has 3 N–H and O–H groups in total. The van der Waals surface area contributed by atoms with E-state index in [1.807, 2.05) is 36.4 Å². The summed E-state index contributed by atoms with van der Waals surface area (Å²) < 4.78 is 0. The molecule has 1 aliphatic rings. The number of nitrogens with one attached hydrogen (secondary N) is 1. The molecule has 1 fully saturated rings. The van der Waals surface area contributed by atoms with Crippen LogP contribution in [0.1, 0.15) is 46.9 Å². The zero-order valence-corrected chi connectivity index (χ0v) is 17.9. The lowest BCUT2D eigenvalue weighted by Gasteiger charge is -2.35. The van der Waals surface area contributed by atoms with Crippen molar-refractivity contribution in [3.05, 3.63) is 77.9 Å². The Balaban J connectivity index is 1.66. The molecule has 164 valence electrons. The Morgan fingerprint density at radius 2 is 1.72 bits per heavy atom. The van der Waals surface area contributed by atoms with Crippen LogP contribution in [0.25, 0.3) is 11.1 Å². The Morgan fingerprint density at radius 3 is 2.44 bits per heavy atom. The third-order valence-electron chi connectivity index (χ3n) is 5.96. The smallest absolute Gasteiger partial charge is 0.337 e. The monoisotopic (exact) mass is 430 g/mol. The normalized spacial score (nSPS) is 15.9. The lowest BCUT2D eigenvalue weighted by atomic mass is 10.0. The van der Waals surface area contributed by atoms with E-state index in [1.54, 1.807) is 18.2 Å². The fourth-order valence-electron chi connectivity index (χ4n) is 4.20. The summed E-state index contributed by atoms with van der Waals surface area (Å²) >= 11 is 0. The number of carboxylic acid groups (broad SMARTS) is 1. The first kappa shape index (κ1) is 21.4. The van der Waals surface area contributed by atoms with E-state index in [4.69, 9.17) is 0 Å². The third kappa shape index (κ3) is 4.44. The van der Waals surface area contributed by atoms with Crippen molar-refractivity contribution in [3.8, 4) is 16.9 Å². The largest absolute Gasteiger partial charge is 0.507 e. The van der Waals surface area contributed by atoms with Crippen molar-refractivity contribution in [2.24, 2.45) is 0 Å². The van der Waals surface area contributed by atoms with Crippen LogP contribution in [0.5, 0.6) is 5.75 Å². The van der Waals surface area contributed by atoms with E-state index in [-0.39, 0.29) is 22.6 Å². The summed E-state index contributed by atoms with van der Waals surface area (Å²) in [6.07, 6.45) is 3.34. The molecule has 3 aromatic carbocycles. The third-order valence-corrected chi connectivity index (χ3v) is 5.96. The highest BCUT2D eigenvalue weighted by Gasteiger charge is 2.22. The van der Waals surface area contributed by atoms with E-state index in [2.05, 4.69) is 17.1 Å². The SMILES string of the molecule is CC1CCCCN1c1ccc(O)c(C(=O)Nc2cc(-c3ccccc3)ccc2C(=O)O)c1. The van der Waals surface area contributed by atoms with E-state index in [9.17, 15) is 19.8 Å². The van der Waals surface area contributed by atoms with Gasteiger partial charge in [-0.25, -0.2) is 4.79 Å². The molecule has 1 aliphatic heterocycles. The van der Waals surface area contributed by atoms with Gasteiger partial charge in [0, 0.05) is 18.3 Å². The molecule has 1 saturated heterocycles. The summed E-state index contributed by atoms with van der Waals surface area (Å²) in [5.41, 5.74) is 2.84. The molecule has 1 atom stereocenters. The number of aromatic hydroxyl groups is 1. The molecule has 0 aliphatic carbocycles. The summed E-state index contributed by atoms with van der Waals surface area (Å²) in [6.45, 7) is 3.05. The fourth-order valence-corrected chi connectivity index (χ4v) is 4.20. The number of rotatable bonds is 5. The van der Waals surface area contributed by atoms with Gasteiger partial charge in [-0.05, 0) is 67.6 Å². The number of carbonyl (C=O) groups excluding carboxylic acids is 1. The topological polar surface area (TPSA) is 89.9 Å². The van der Waals surface area contributed by atoms with E-state index in [0.717, 1.165) is 36.2 Å². The number of nitrogens with zero attached hydrogens (tertiary/aromatic N) is 1. The van der Waals surface area contributed by atoms with Gasteiger partial charge in [-0.1, -0.05) is 36.4 Å². The molecule has 32 heavy (non-hydrogen) atoms. The van der Waals surface area contributed by atoms with Gasteiger partial charge < -0.3 is 20.4 Å². The molecule has 4 rings (SSSR count). The van der Waals surface area contributed by atoms with Crippen LogP contribution in [0, 0.1) is 0 Å². The molecular weight excluding hydrogens is 404 g/mol. The molecule has 1 heterocycles. The molecule has 0 radical (unpaired) electrons. The van der Waals surface area contributed by atoms with Crippen LogP contribution in [0.15, 0.2) is 66.7 Å². The lowest BCUT2D eigenvalue weighted by molar-refractivity contribution is 0.0698. The number of carbonyl (C=O) groups is 2. The van der Waals surface area contributed by atoms with Crippen molar-refractivity contribution < 1.29 is 19.8 Å². The highest BCUT2D eigenvalue weighted by atomic mass is 16.4. The van der Waals surface area contributed by atoms with Gasteiger partial charge in [0.2, 0.25) is 0 Å². The van der Waals surface area contributed by atoms with Gasteiger partial charge >= 0.3 is 5.97 Å². The van der Waals surface area contributed by atoms with Gasteiger partial charge in [-0.2, -0.15) is 0 Å². The number of phenolic OH excluding ortho intramolecular Hbond substituents is 1. The maximum atomic E-state index is 13.1. The molecule has 0 saturated carbocycles. The maximum Gasteiger partial charge on any atom is 0.337 e. The van der Waals surface area contributed by atoms with Crippen LogP contribution in [0.3, 0.4) is 0 Å². The standard InChI is InChI=1S/C26H26N2O4/c1-17-7-5-6-14-28(17)20-11-13-24(29)22(16-20)25(30)27-23-15-19(10-12-21(23)26(31)32)18-8-3-2-4-9-18/h2-4,8-13,15-17,29H,5-7,14H2,1H3,(H,27,30)(H,31,32). The van der Waals surface area contributed by atoms with E-state index in [0.29, 0.717) is 6.04 Å². The first-order valence-electron chi connectivity index (χ1n) is 10.8. The van der Waals surface area contributed by atoms with Crippen LogP contribution in [-0.2, 0) is 0 Å². The highest BCUT2D eigenvalue weighted by molar-refractivity contribution is 6.10. The second-order valence-electron chi connectivity index (χ2n) is 8.13. The Bertz CT molecular complexity index is 1140. The minimum absolute atomic E-state index is 0.0154. The second kappa shape index (κ2) is 9.14. The number of hydrogen-bond donors (Lipinski definition) is 3. The summed E-state index contributed by atoms with van der Waals surface area (Å²) in [5, 5.41) is 22.7. The average Bonchev–Trinajstić information content (AvgIpc) is 2.80. The Morgan fingerprint density at radius 1 is 0.938 bits per heavy atom. The van der Waals surface area contributed by atoms with E-state index >= 15 is 0 Å². The molecular formula is C26H26N2O4. The maximum absolute atomic E-state index is 13.1. The summed E-state index contributed by atoms with van der Waals surface area (Å²) in [4.78, 5) is 27.1. The zero-order chi connectivity index (χ0) is 22.7. The first-order valence-corrected chi connectivity index (χ1v) is 10.8. The minimum Gasteiger partial charge on any atom is -0.507 e. The molecule has 6 heteroatoms. The number of carboxylic acids is 1. The number of anilines is 2. The minimum atomic E-state index is -1.14. The molecule has 1 unspecified atom stereocenters. The molecule has 0 bridgehead atoms. The van der Waals surface area contributed by atoms with Crippen LogP contribution < -0.4 is 10.2 Å². The predicted octanol–water partition coefficient (Wildman–Crippen LogP) is 5.39. The number of piperidine rings is 1. The Kier molecular flexibility index (Phi) is 6.12.